The van der Waals surface area contributed by atoms with Crippen LogP contribution in [0.25, 0.3) is 0 Å². The maximum Gasteiger partial charge on any atom is 0.289 e. The van der Waals surface area contributed by atoms with E-state index in [9.17, 15) is 14.4 Å². The fourth-order valence-corrected chi connectivity index (χ4v) is 3.76. The molecule has 0 aliphatic carbocycles. The van der Waals surface area contributed by atoms with Crippen LogP contribution in [-0.2, 0) is 0 Å². The van der Waals surface area contributed by atoms with Gasteiger partial charge in [0.25, 0.3) is 17.7 Å². The molecule has 0 aromatic carbocycles. The van der Waals surface area contributed by atoms with E-state index in [0.29, 0.717) is 37.6 Å². The summed E-state index contributed by atoms with van der Waals surface area (Å²) < 4.78 is 5.16. The highest BCUT2D eigenvalue weighted by atomic mass is 16.3. The summed E-state index contributed by atoms with van der Waals surface area (Å²) in [5.41, 5.74) is 0.572. The minimum absolute atomic E-state index is 0.117. The fraction of sp³-hybridized carbons (Fsp3) is 0.429. The van der Waals surface area contributed by atoms with Crippen LogP contribution in [0, 0.1) is 0 Å². The van der Waals surface area contributed by atoms with Gasteiger partial charge in [-0.25, -0.2) is 4.98 Å². The topological polar surface area (TPSA) is 87.0 Å². The van der Waals surface area contributed by atoms with Gasteiger partial charge in [-0.15, -0.1) is 0 Å². The smallest absolute Gasteiger partial charge is 0.289 e. The van der Waals surface area contributed by atoms with Crippen LogP contribution in [0.2, 0.25) is 0 Å². The van der Waals surface area contributed by atoms with Crippen molar-refractivity contribution in [1.82, 2.24) is 19.7 Å². The van der Waals surface area contributed by atoms with Crippen molar-refractivity contribution in [2.45, 2.75) is 19.3 Å². The van der Waals surface area contributed by atoms with E-state index in [4.69, 9.17) is 4.42 Å². The first-order chi connectivity index (χ1) is 14.1. The van der Waals surface area contributed by atoms with Gasteiger partial charge in [-0.05, 0) is 43.5 Å². The predicted molar refractivity (Wildman–Crippen MR) is 105 cm³/mol. The second-order valence-electron chi connectivity index (χ2n) is 7.32. The molecular formula is C21H24N4O4. The lowest BCUT2D eigenvalue weighted by Gasteiger charge is -2.34. The molecule has 2 saturated heterocycles. The maximum absolute atomic E-state index is 12.9. The molecule has 2 aliphatic rings. The lowest BCUT2D eigenvalue weighted by Crippen LogP contribution is -2.50. The molecule has 3 amide bonds. The van der Waals surface area contributed by atoms with Gasteiger partial charge in [0.1, 0.15) is 11.4 Å². The van der Waals surface area contributed by atoms with Crippen LogP contribution < -0.4 is 0 Å². The first-order valence-electron chi connectivity index (χ1n) is 10.0. The minimum Gasteiger partial charge on any atom is -0.459 e. The zero-order chi connectivity index (χ0) is 20.2. The summed E-state index contributed by atoms with van der Waals surface area (Å²) in [5, 5.41) is 0. The summed E-state index contributed by atoms with van der Waals surface area (Å²) in [6.45, 7) is 3.17. The second kappa shape index (κ2) is 8.46. The number of hydrogen-bond acceptors (Lipinski definition) is 5. The fourth-order valence-electron chi connectivity index (χ4n) is 3.76. The number of piperidine rings is 1. The zero-order valence-corrected chi connectivity index (χ0v) is 16.2. The molecule has 0 spiro atoms. The number of furan rings is 1. The number of hydrogen-bond donors (Lipinski definition) is 0. The SMILES string of the molecule is O=C(c1cccc(C(=O)N2CCN(C(=O)c3ccco3)CC2)n1)N1CCCCC1. The molecule has 2 aromatic rings. The zero-order valence-electron chi connectivity index (χ0n) is 16.2. The van der Waals surface area contributed by atoms with Crippen LogP contribution in [0.15, 0.2) is 41.0 Å². The largest absolute Gasteiger partial charge is 0.459 e. The van der Waals surface area contributed by atoms with Crippen molar-refractivity contribution in [3.8, 4) is 0 Å². The number of rotatable bonds is 3. The third kappa shape index (κ3) is 4.16. The molecule has 0 bridgehead atoms. The molecule has 4 heterocycles. The molecule has 2 aromatic heterocycles. The molecule has 4 rings (SSSR count). The van der Waals surface area contributed by atoms with Crippen molar-refractivity contribution < 1.29 is 18.8 Å². The van der Waals surface area contributed by atoms with Gasteiger partial charge in [0.2, 0.25) is 0 Å². The van der Waals surface area contributed by atoms with Gasteiger partial charge < -0.3 is 19.1 Å². The van der Waals surface area contributed by atoms with E-state index in [1.54, 1.807) is 45.0 Å². The summed E-state index contributed by atoms with van der Waals surface area (Å²) in [4.78, 5) is 47.4. The number of nitrogens with zero attached hydrogens (tertiary/aromatic N) is 4. The number of pyridine rings is 1. The lowest BCUT2D eigenvalue weighted by molar-refractivity contribution is 0.0514. The number of carbonyl (C=O) groups is 3. The van der Waals surface area contributed by atoms with Gasteiger partial charge in [0.15, 0.2) is 5.76 Å². The van der Waals surface area contributed by atoms with E-state index < -0.39 is 0 Å². The highest BCUT2D eigenvalue weighted by Gasteiger charge is 2.28. The Kier molecular flexibility index (Phi) is 5.59. The Bertz CT molecular complexity index is 882. The van der Waals surface area contributed by atoms with Crippen LogP contribution in [-0.4, -0.2) is 76.7 Å². The third-order valence-corrected chi connectivity index (χ3v) is 5.42. The number of carbonyl (C=O) groups excluding carboxylic acids is 3. The predicted octanol–water partition coefficient (Wildman–Crippen LogP) is 1.90. The van der Waals surface area contributed by atoms with E-state index in [1.807, 2.05) is 0 Å². The molecular weight excluding hydrogens is 372 g/mol. The Labute approximate surface area is 169 Å². The quantitative estimate of drug-likeness (QED) is 0.791. The lowest BCUT2D eigenvalue weighted by atomic mass is 10.1. The first-order valence-corrected chi connectivity index (χ1v) is 10.0. The highest BCUT2D eigenvalue weighted by molar-refractivity contribution is 5.96. The van der Waals surface area contributed by atoms with Crippen molar-refractivity contribution in [1.29, 1.82) is 0 Å². The van der Waals surface area contributed by atoms with Crippen molar-refractivity contribution in [3.63, 3.8) is 0 Å². The summed E-state index contributed by atoms with van der Waals surface area (Å²) in [5.74, 6) is -0.207. The van der Waals surface area contributed by atoms with Crippen molar-refractivity contribution in [3.05, 3.63) is 53.7 Å². The van der Waals surface area contributed by atoms with Gasteiger partial charge in [0.05, 0.1) is 6.26 Å². The van der Waals surface area contributed by atoms with Crippen LogP contribution in [0.5, 0.6) is 0 Å². The van der Waals surface area contributed by atoms with Crippen LogP contribution in [0.4, 0.5) is 0 Å². The average molecular weight is 396 g/mol. The molecule has 0 radical (unpaired) electrons. The Balaban J connectivity index is 1.39. The molecule has 8 heteroatoms. The molecule has 29 heavy (non-hydrogen) atoms. The summed E-state index contributed by atoms with van der Waals surface area (Å²) in [6.07, 6.45) is 4.62. The summed E-state index contributed by atoms with van der Waals surface area (Å²) in [7, 11) is 0. The van der Waals surface area contributed by atoms with Gasteiger partial charge in [0, 0.05) is 39.3 Å². The number of amides is 3. The molecule has 0 N–H and O–H groups in total. The van der Waals surface area contributed by atoms with Crippen molar-refractivity contribution in [2.24, 2.45) is 0 Å². The van der Waals surface area contributed by atoms with Crippen LogP contribution in [0.1, 0.15) is 50.8 Å². The maximum atomic E-state index is 12.9. The molecule has 0 saturated carbocycles. The number of piperazine rings is 1. The van der Waals surface area contributed by atoms with Gasteiger partial charge in [-0.1, -0.05) is 6.07 Å². The number of aromatic nitrogens is 1. The average Bonchev–Trinajstić information content (AvgIpc) is 3.33. The molecule has 0 atom stereocenters. The standard InChI is InChI=1S/C21H24N4O4/c26-19(23-9-2-1-3-10-23)16-6-4-7-17(22-16)20(27)24-11-13-25(14-12-24)21(28)18-8-5-15-29-18/h4-8,15H,1-3,9-14H2. The Morgan fingerprint density at radius 2 is 1.24 bits per heavy atom. The molecule has 8 nitrogen and oxygen atoms in total. The summed E-state index contributed by atoms with van der Waals surface area (Å²) in [6, 6.07) is 8.31. The molecule has 0 unspecified atom stereocenters. The van der Waals surface area contributed by atoms with E-state index in [2.05, 4.69) is 4.98 Å². The Morgan fingerprint density at radius 1 is 0.690 bits per heavy atom. The van der Waals surface area contributed by atoms with Crippen molar-refractivity contribution >= 4 is 17.7 Å². The van der Waals surface area contributed by atoms with Gasteiger partial charge >= 0.3 is 0 Å². The van der Waals surface area contributed by atoms with Crippen molar-refractivity contribution in [2.75, 3.05) is 39.3 Å². The normalized spacial score (nSPS) is 17.3. The first kappa shape index (κ1) is 19.2. The molecule has 2 fully saturated rings. The minimum atomic E-state index is -0.219. The van der Waals surface area contributed by atoms with E-state index >= 15 is 0 Å². The van der Waals surface area contributed by atoms with Gasteiger partial charge in [-0.3, -0.25) is 14.4 Å². The number of likely N-dealkylation sites (tertiary alicyclic amines) is 1. The third-order valence-electron chi connectivity index (χ3n) is 5.42. The molecule has 2 aliphatic heterocycles. The van der Waals surface area contributed by atoms with E-state index in [0.717, 1.165) is 32.4 Å². The van der Waals surface area contributed by atoms with Crippen LogP contribution in [0.3, 0.4) is 0 Å². The highest BCUT2D eigenvalue weighted by Crippen LogP contribution is 2.14. The van der Waals surface area contributed by atoms with Crippen LogP contribution >= 0.6 is 0 Å². The molecule has 152 valence electrons. The van der Waals surface area contributed by atoms with E-state index in [1.165, 1.54) is 6.26 Å². The Hall–Kier alpha value is -3.16. The summed E-state index contributed by atoms with van der Waals surface area (Å²) >= 11 is 0. The monoisotopic (exact) mass is 396 g/mol. The second-order valence-corrected chi connectivity index (χ2v) is 7.32. The van der Waals surface area contributed by atoms with Gasteiger partial charge in [-0.2, -0.15) is 0 Å². The Morgan fingerprint density at radius 3 is 1.79 bits per heavy atom. The van der Waals surface area contributed by atoms with E-state index in [-0.39, 0.29) is 23.4 Å².